The van der Waals surface area contributed by atoms with Gasteiger partial charge in [0.1, 0.15) is 5.82 Å². The Morgan fingerprint density at radius 3 is 2.37 bits per heavy atom. The van der Waals surface area contributed by atoms with Gasteiger partial charge >= 0.3 is 0 Å². The van der Waals surface area contributed by atoms with Crippen LogP contribution < -0.4 is 0 Å². The number of nitrogens with one attached hydrogen (secondary N) is 1. The molecule has 0 aliphatic heterocycles. The molecule has 3 aromatic carbocycles. The maximum Gasteiger partial charge on any atom is 0.269 e. The van der Waals surface area contributed by atoms with Crippen molar-refractivity contribution in [3.63, 3.8) is 0 Å². The monoisotopic (exact) mass is 481 g/mol. The van der Waals surface area contributed by atoms with E-state index in [0.29, 0.717) is 10.8 Å². The van der Waals surface area contributed by atoms with Crippen LogP contribution in [0.15, 0.2) is 90.3 Å². The first-order chi connectivity index (χ1) is 17.0. The number of nitrogens with zero attached hydrogens (tertiary/aromatic N) is 4. The van der Waals surface area contributed by atoms with Crippen molar-refractivity contribution in [2.45, 2.75) is 0 Å². The first-order valence-corrected chi connectivity index (χ1v) is 11.6. The number of benzene rings is 3. The van der Waals surface area contributed by atoms with Gasteiger partial charge in [0.2, 0.25) is 5.13 Å². The number of rotatable bonds is 5. The summed E-state index contributed by atoms with van der Waals surface area (Å²) in [6.07, 6.45) is 0. The van der Waals surface area contributed by atoms with E-state index in [9.17, 15) is 14.5 Å². The lowest BCUT2D eigenvalue weighted by Gasteiger charge is -2.02. The van der Waals surface area contributed by atoms with Gasteiger partial charge in [0.15, 0.2) is 0 Å². The quantitative estimate of drug-likeness (QED) is 0.215. The van der Waals surface area contributed by atoms with Crippen LogP contribution in [0.5, 0.6) is 0 Å². The third-order valence-corrected chi connectivity index (χ3v) is 6.52. The molecule has 6 aromatic rings. The Morgan fingerprint density at radius 1 is 0.914 bits per heavy atom. The van der Waals surface area contributed by atoms with Crippen molar-refractivity contribution in [3.8, 4) is 39.0 Å². The molecule has 35 heavy (non-hydrogen) atoms. The zero-order valence-corrected chi connectivity index (χ0v) is 18.9. The van der Waals surface area contributed by atoms with Crippen molar-refractivity contribution in [2.75, 3.05) is 0 Å². The summed E-state index contributed by atoms with van der Waals surface area (Å²) >= 11 is 1.42. The number of non-ortho nitro benzene ring substituents is 1. The summed E-state index contributed by atoms with van der Waals surface area (Å²) in [5.74, 6) is -0.301. The highest BCUT2D eigenvalue weighted by Crippen LogP contribution is 2.33. The summed E-state index contributed by atoms with van der Waals surface area (Å²) < 4.78 is 15.1. The number of nitro groups is 1. The van der Waals surface area contributed by atoms with Gasteiger partial charge in [-0.3, -0.25) is 10.1 Å². The summed E-state index contributed by atoms with van der Waals surface area (Å²) in [6, 6.07) is 24.5. The normalized spacial score (nSPS) is 11.2. The third-order valence-electron chi connectivity index (χ3n) is 5.70. The number of para-hydroxylation sites is 1. The molecule has 0 spiro atoms. The molecule has 0 fully saturated rings. The maximum absolute atomic E-state index is 13.4. The molecule has 0 aliphatic rings. The molecule has 3 aromatic heterocycles. The van der Waals surface area contributed by atoms with Gasteiger partial charge in [-0.25, -0.2) is 14.1 Å². The largest absolute Gasteiger partial charge is 0.353 e. The van der Waals surface area contributed by atoms with Gasteiger partial charge < -0.3 is 4.98 Å². The lowest BCUT2D eigenvalue weighted by Crippen LogP contribution is -1.99. The van der Waals surface area contributed by atoms with Gasteiger partial charge in [0.25, 0.3) is 5.69 Å². The van der Waals surface area contributed by atoms with Crippen molar-refractivity contribution in [3.05, 3.63) is 106 Å². The number of nitro benzene ring substituents is 1. The molecule has 7 nitrogen and oxygen atoms in total. The van der Waals surface area contributed by atoms with E-state index in [1.165, 1.54) is 35.6 Å². The van der Waals surface area contributed by atoms with Crippen LogP contribution in [0, 0.1) is 15.9 Å². The van der Waals surface area contributed by atoms with Crippen LogP contribution in [-0.4, -0.2) is 24.7 Å². The zero-order valence-electron chi connectivity index (χ0n) is 18.1. The molecular weight excluding hydrogens is 465 g/mol. The molecule has 170 valence electrons. The van der Waals surface area contributed by atoms with E-state index < -0.39 is 4.92 Å². The second-order valence-corrected chi connectivity index (χ2v) is 8.76. The molecule has 3 heterocycles. The van der Waals surface area contributed by atoms with Gasteiger partial charge in [0, 0.05) is 39.5 Å². The summed E-state index contributed by atoms with van der Waals surface area (Å²) in [4.78, 5) is 18.8. The first-order valence-electron chi connectivity index (χ1n) is 10.7. The van der Waals surface area contributed by atoms with E-state index in [2.05, 4.69) is 11.1 Å². The average Bonchev–Trinajstić information content (AvgIpc) is 3.62. The van der Waals surface area contributed by atoms with Crippen molar-refractivity contribution >= 4 is 27.9 Å². The van der Waals surface area contributed by atoms with Crippen LogP contribution in [0.4, 0.5) is 10.1 Å². The van der Waals surface area contributed by atoms with E-state index in [4.69, 9.17) is 10.1 Å². The number of aromatic nitrogens is 4. The minimum Gasteiger partial charge on any atom is -0.353 e. The summed E-state index contributed by atoms with van der Waals surface area (Å²) in [5, 5.41) is 19.5. The van der Waals surface area contributed by atoms with E-state index in [1.807, 2.05) is 35.7 Å². The molecule has 0 atom stereocenters. The fraction of sp³-hybridized carbons (Fsp3) is 0. The number of hydrogen-bond donors (Lipinski definition) is 1. The van der Waals surface area contributed by atoms with Crippen LogP contribution in [0.3, 0.4) is 0 Å². The predicted octanol–water partition coefficient (Wildman–Crippen LogP) is 6.86. The maximum atomic E-state index is 13.4. The number of fused-ring (bicyclic) bond motifs is 1. The molecule has 0 saturated carbocycles. The van der Waals surface area contributed by atoms with Gasteiger partial charge in [-0.05, 0) is 54.6 Å². The summed E-state index contributed by atoms with van der Waals surface area (Å²) in [6.45, 7) is 0. The van der Waals surface area contributed by atoms with Crippen molar-refractivity contribution in [1.29, 1.82) is 0 Å². The smallest absolute Gasteiger partial charge is 0.269 e. The van der Waals surface area contributed by atoms with Crippen molar-refractivity contribution in [1.82, 2.24) is 19.7 Å². The fourth-order valence-corrected chi connectivity index (χ4v) is 4.74. The van der Waals surface area contributed by atoms with Crippen molar-refractivity contribution < 1.29 is 9.31 Å². The molecule has 0 radical (unpaired) electrons. The van der Waals surface area contributed by atoms with Crippen LogP contribution >= 0.6 is 11.3 Å². The number of thiazole rings is 1. The zero-order chi connectivity index (χ0) is 23.9. The molecule has 0 aliphatic carbocycles. The third kappa shape index (κ3) is 3.87. The molecule has 0 unspecified atom stereocenters. The van der Waals surface area contributed by atoms with Crippen LogP contribution in [0.25, 0.3) is 49.9 Å². The summed E-state index contributed by atoms with van der Waals surface area (Å²) in [5.41, 5.74) is 5.63. The minimum absolute atomic E-state index is 0.0212. The van der Waals surface area contributed by atoms with Gasteiger partial charge in [0.05, 0.1) is 27.7 Å². The molecule has 0 saturated heterocycles. The van der Waals surface area contributed by atoms with E-state index >= 15 is 0 Å². The fourth-order valence-electron chi connectivity index (χ4n) is 3.94. The Morgan fingerprint density at radius 2 is 1.63 bits per heavy atom. The number of aromatic amines is 1. The van der Waals surface area contributed by atoms with Crippen LogP contribution in [0.2, 0.25) is 0 Å². The first kappa shape index (κ1) is 20.9. The Kier molecular flexibility index (Phi) is 4.97. The lowest BCUT2D eigenvalue weighted by molar-refractivity contribution is -0.384. The second kappa shape index (κ2) is 8.30. The SMILES string of the molecule is O=[N+]([O-])c1ccc(-c2cc(-c3cc4ccccc4[nH]3)n(-c3nc(-c4ccc(F)cc4)cs3)n2)cc1. The Hall–Kier alpha value is -4.63. The molecule has 6 rings (SSSR count). The summed E-state index contributed by atoms with van der Waals surface area (Å²) in [7, 11) is 0. The standard InChI is InChI=1S/C26H16FN5O2S/c27-19-9-5-17(6-10-19)24-15-35-26(29-24)31-25(23-13-18-3-1-2-4-21(18)28-23)14-22(30-31)16-7-11-20(12-8-16)32(33)34/h1-15,28H. The predicted molar refractivity (Wildman–Crippen MR) is 134 cm³/mol. The lowest BCUT2D eigenvalue weighted by atomic mass is 10.1. The topological polar surface area (TPSA) is 89.6 Å². The Labute approximate surface area is 202 Å². The molecule has 1 N–H and O–H groups in total. The second-order valence-electron chi connectivity index (χ2n) is 7.92. The number of H-pyrrole nitrogens is 1. The average molecular weight is 482 g/mol. The van der Waals surface area contributed by atoms with Gasteiger partial charge in [-0.15, -0.1) is 11.3 Å². The highest BCUT2D eigenvalue weighted by molar-refractivity contribution is 7.12. The van der Waals surface area contributed by atoms with E-state index in [-0.39, 0.29) is 11.5 Å². The molecular formula is C26H16FN5O2S. The Bertz CT molecular complexity index is 1650. The molecule has 9 heteroatoms. The van der Waals surface area contributed by atoms with Crippen molar-refractivity contribution in [2.24, 2.45) is 0 Å². The van der Waals surface area contributed by atoms with Gasteiger partial charge in [-0.2, -0.15) is 5.10 Å². The van der Waals surface area contributed by atoms with Crippen LogP contribution in [-0.2, 0) is 0 Å². The highest BCUT2D eigenvalue weighted by Gasteiger charge is 2.18. The van der Waals surface area contributed by atoms with E-state index in [0.717, 1.165) is 39.1 Å². The number of halogens is 1. The molecule has 0 amide bonds. The highest BCUT2D eigenvalue weighted by atomic mass is 32.1. The van der Waals surface area contributed by atoms with Crippen LogP contribution in [0.1, 0.15) is 0 Å². The van der Waals surface area contributed by atoms with E-state index in [1.54, 1.807) is 28.9 Å². The number of hydrogen-bond acceptors (Lipinski definition) is 5. The minimum atomic E-state index is -0.426. The Balaban J connectivity index is 1.48. The van der Waals surface area contributed by atoms with Gasteiger partial charge in [-0.1, -0.05) is 18.2 Å². The molecule has 0 bridgehead atoms.